The lowest BCUT2D eigenvalue weighted by atomic mass is 10.3. The van der Waals surface area contributed by atoms with Crippen molar-refractivity contribution in [1.82, 2.24) is 4.98 Å². The standard InChI is InChI=1S/C11H11NO3S/c13-11(14)4-3-9-7-12-10(16-9)6-8-2-1-5-15-8/h1-2,5,7H,3-4,6H2,(H,13,14). The lowest BCUT2D eigenvalue weighted by Gasteiger charge is -1.91. The van der Waals surface area contributed by atoms with Gasteiger partial charge in [-0.05, 0) is 18.6 Å². The molecular weight excluding hydrogens is 226 g/mol. The van der Waals surface area contributed by atoms with E-state index in [1.54, 1.807) is 12.5 Å². The van der Waals surface area contributed by atoms with Crippen LogP contribution in [0.25, 0.3) is 0 Å². The second kappa shape index (κ2) is 4.94. The highest BCUT2D eigenvalue weighted by atomic mass is 32.1. The number of rotatable bonds is 5. The van der Waals surface area contributed by atoms with Gasteiger partial charge in [-0.15, -0.1) is 11.3 Å². The molecule has 5 heteroatoms. The summed E-state index contributed by atoms with van der Waals surface area (Å²) < 4.78 is 5.22. The average molecular weight is 237 g/mol. The van der Waals surface area contributed by atoms with Crippen molar-refractivity contribution in [3.63, 3.8) is 0 Å². The summed E-state index contributed by atoms with van der Waals surface area (Å²) in [5, 5.41) is 9.51. The van der Waals surface area contributed by atoms with Crippen LogP contribution >= 0.6 is 11.3 Å². The van der Waals surface area contributed by atoms with E-state index in [2.05, 4.69) is 4.98 Å². The normalized spacial score (nSPS) is 10.5. The van der Waals surface area contributed by atoms with Crippen molar-refractivity contribution in [2.24, 2.45) is 0 Å². The molecule has 16 heavy (non-hydrogen) atoms. The maximum Gasteiger partial charge on any atom is 0.303 e. The Morgan fingerprint density at radius 2 is 2.44 bits per heavy atom. The quantitative estimate of drug-likeness (QED) is 0.867. The van der Waals surface area contributed by atoms with Gasteiger partial charge in [0.25, 0.3) is 0 Å². The molecule has 0 unspecified atom stereocenters. The van der Waals surface area contributed by atoms with E-state index in [0.717, 1.165) is 15.6 Å². The molecule has 2 aromatic rings. The molecule has 0 amide bonds. The summed E-state index contributed by atoms with van der Waals surface area (Å²) >= 11 is 1.54. The first kappa shape index (κ1) is 10.9. The zero-order chi connectivity index (χ0) is 11.4. The summed E-state index contributed by atoms with van der Waals surface area (Å²) in [6.07, 6.45) is 4.75. The minimum absolute atomic E-state index is 0.155. The minimum Gasteiger partial charge on any atom is -0.481 e. The zero-order valence-electron chi connectivity index (χ0n) is 8.55. The molecule has 4 nitrogen and oxygen atoms in total. The fourth-order valence-electron chi connectivity index (χ4n) is 1.34. The van der Waals surface area contributed by atoms with E-state index in [9.17, 15) is 4.79 Å². The van der Waals surface area contributed by atoms with Crippen LogP contribution in [0.2, 0.25) is 0 Å². The van der Waals surface area contributed by atoms with E-state index in [1.807, 2.05) is 12.1 Å². The maximum absolute atomic E-state index is 10.4. The smallest absolute Gasteiger partial charge is 0.303 e. The van der Waals surface area contributed by atoms with Gasteiger partial charge in [0.05, 0.1) is 19.1 Å². The first-order valence-corrected chi connectivity index (χ1v) is 5.73. The molecule has 0 saturated heterocycles. The van der Waals surface area contributed by atoms with Crippen LogP contribution in [0, 0.1) is 0 Å². The Balaban J connectivity index is 1.94. The number of furan rings is 1. The van der Waals surface area contributed by atoms with Gasteiger partial charge in [-0.2, -0.15) is 0 Å². The molecule has 2 aromatic heterocycles. The lowest BCUT2D eigenvalue weighted by Crippen LogP contribution is -1.95. The Kier molecular flexibility index (Phi) is 3.36. The summed E-state index contributed by atoms with van der Waals surface area (Å²) in [5.74, 6) is 0.0973. The fourth-order valence-corrected chi connectivity index (χ4v) is 2.27. The molecule has 0 atom stereocenters. The summed E-state index contributed by atoms with van der Waals surface area (Å²) in [4.78, 5) is 15.6. The van der Waals surface area contributed by atoms with Crippen molar-refractivity contribution in [3.05, 3.63) is 40.2 Å². The van der Waals surface area contributed by atoms with Crippen LogP contribution in [0.1, 0.15) is 22.1 Å². The second-order valence-electron chi connectivity index (χ2n) is 3.37. The maximum atomic E-state index is 10.4. The van der Waals surface area contributed by atoms with Crippen LogP contribution in [0.3, 0.4) is 0 Å². The average Bonchev–Trinajstić information content (AvgIpc) is 2.87. The van der Waals surface area contributed by atoms with Gasteiger partial charge in [-0.25, -0.2) is 4.98 Å². The summed E-state index contributed by atoms with van der Waals surface area (Å²) in [6, 6.07) is 3.74. The molecule has 0 aromatic carbocycles. The molecule has 84 valence electrons. The van der Waals surface area contributed by atoms with Gasteiger partial charge < -0.3 is 9.52 Å². The number of thiazole rings is 1. The topological polar surface area (TPSA) is 63.3 Å². The SMILES string of the molecule is O=C(O)CCc1cnc(Cc2ccco2)s1. The van der Waals surface area contributed by atoms with Gasteiger partial charge in [0.2, 0.25) is 0 Å². The Labute approximate surface area is 96.6 Å². The van der Waals surface area contributed by atoms with Crippen LogP contribution in [0.15, 0.2) is 29.0 Å². The third kappa shape index (κ3) is 2.93. The number of nitrogens with zero attached hydrogens (tertiary/aromatic N) is 1. The Hall–Kier alpha value is -1.62. The molecule has 2 heterocycles. The molecule has 0 radical (unpaired) electrons. The van der Waals surface area contributed by atoms with Crippen molar-refractivity contribution in [2.45, 2.75) is 19.3 Å². The molecule has 1 N–H and O–H groups in total. The van der Waals surface area contributed by atoms with Crippen LogP contribution in [0.4, 0.5) is 0 Å². The fraction of sp³-hybridized carbons (Fsp3) is 0.273. The molecule has 0 aliphatic carbocycles. The number of carboxylic acids is 1. The molecule has 0 aliphatic rings. The first-order valence-electron chi connectivity index (χ1n) is 4.92. The first-order chi connectivity index (χ1) is 7.74. The van der Waals surface area contributed by atoms with Crippen molar-refractivity contribution >= 4 is 17.3 Å². The predicted octanol–water partition coefficient (Wildman–Crippen LogP) is 2.34. The van der Waals surface area contributed by atoms with Crippen molar-refractivity contribution in [1.29, 1.82) is 0 Å². The second-order valence-corrected chi connectivity index (χ2v) is 4.57. The molecule has 0 fully saturated rings. The molecular formula is C11H11NO3S. The number of hydrogen-bond acceptors (Lipinski definition) is 4. The Morgan fingerprint density at radius 3 is 3.12 bits per heavy atom. The van der Waals surface area contributed by atoms with Gasteiger partial charge in [-0.3, -0.25) is 4.79 Å². The largest absolute Gasteiger partial charge is 0.481 e. The van der Waals surface area contributed by atoms with E-state index in [4.69, 9.17) is 9.52 Å². The third-order valence-electron chi connectivity index (χ3n) is 2.09. The number of hydrogen-bond donors (Lipinski definition) is 1. The van der Waals surface area contributed by atoms with Crippen molar-refractivity contribution in [2.75, 3.05) is 0 Å². The summed E-state index contributed by atoms with van der Waals surface area (Å²) in [5.41, 5.74) is 0. The molecule has 0 bridgehead atoms. The minimum atomic E-state index is -0.777. The number of carbonyl (C=O) groups is 1. The Bertz CT molecular complexity index is 461. The highest BCUT2D eigenvalue weighted by Gasteiger charge is 2.06. The molecule has 0 saturated carbocycles. The summed E-state index contributed by atoms with van der Waals surface area (Å²) in [7, 11) is 0. The highest BCUT2D eigenvalue weighted by Crippen LogP contribution is 2.18. The van der Waals surface area contributed by atoms with Gasteiger partial charge in [0.15, 0.2) is 0 Å². The number of aliphatic carboxylic acids is 1. The van der Waals surface area contributed by atoms with Crippen LogP contribution < -0.4 is 0 Å². The number of aryl methyl sites for hydroxylation is 1. The van der Waals surface area contributed by atoms with Crippen LogP contribution in [-0.4, -0.2) is 16.1 Å². The van der Waals surface area contributed by atoms with Gasteiger partial charge in [0.1, 0.15) is 10.8 Å². The van der Waals surface area contributed by atoms with Crippen LogP contribution in [-0.2, 0) is 17.6 Å². The number of aromatic nitrogens is 1. The highest BCUT2D eigenvalue weighted by molar-refractivity contribution is 7.11. The van der Waals surface area contributed by atoms with Gasteiger partial charge in [0, 0.05) is 11.1 Å². The third-order valence-corrected chi connectivity index (χ3v) is 3.15. The molecule has 0 aliphatic heterocycles. The van der Waals surface area contributed by atoms with E-state index in [0.29, 0.717) is 12.8 Å². The van der Waals surface area contributed by atoms with Gasteiger partial charge in [-0.1, -0.05) is 0 Å². The monoisotopic (exact) mass is 237 g/mol. The van der Waals surface area contributed by atoms with E-state index in [-0.39, 0.29) is 6.42 Å². The lowest BCUT2D eigenvalue weighted by molar-refractivity contribution is -0.136. The predicted molar refractivity (Wildman–Crippen MR) is 59.6 cm³/mol. The van der Waals surface area contributed by atoms with Crippen LogP contribution in [0.5, 0.6) is 0 Å². The van der Waals surface area contributed by atoms with Crippen molar-refractivity contribution < 1.29 is 14.3 Å². The van der Waals surface area contributed by atoms with Crippen molar-refractivity contribution in [3.8, 4) is 0 Å². The molecule has 0 spiro atoms. The van der Waals surface area contributed by atoms with E-state index >= 15 is 0 Å². The Morgan fingerprint density at radius 1 is 1.56 bits per heavy atom. The summed E-state index contributed by atoms with van der Waals surface area (Å²) in [6.45, 7) is 0. The van der Waals surface area contributed by atoms with E-state index in [1.165, 1.54) is 11.3 Å². The zero-order valence-corrected chi connectivity index (χ0v) is 9.37. The van der Waals surface area contributed by atoms with E-state index < -0.39 is 5.97 Å². The number of carboxylic acid groups (broad SMARTS) is 1. The van der Waals surface area contributed by atoms with Gasteiger partial charge >= 0.3 is 5.97 Å². The molecule has 2 rings (SSSR count).